The van der Waals surface area contributed by atoms with E-state index in [1.165, 1.54) is 0 Å². The van der Waals surface area contributed by atoms with Crippen molar-refractivity contribution in [3.8, 4) is 0 Å². The van der Waals surface area contributed by atoms with Gasteiger partial charge in [0.1, 0.15) is 0 Å². The van der Waals surface area contributed by atoms with Crippen LogP contribution in [0, 0.1) is 5.92 Å². The van der Waals surface area contributed by atoms with Gasteiger partial charge < -0.3 is 16.0 Å². The Morgan fingerprint density at radius 3 is 2.36 bits per heavy atom. The molecule has 0 rings (SSSR count). The molecule has 0 fully saturated rings. The Morgan fingerprint density at radius 1 is 1.43 bits per heavy atom. The lowest BCUT2D eigenvalue weighted by Crippen LogP contribution is -2.43. The molecule has 1 amide bonds. The molecule has 0 aromatic carbocycles. The minimum atomic E-state index is -0.294. The molecule has 0 saturated heterocycles. The third-order valence-electron chi connectivity index (χ3n) is 1.91. The lowest BCUT2D eigenvalue weighted by atomic mass is 10.0. The lowest BCUT2D eigenvalue weighted by Gasteiger charge is -2.23. The summed E-state index contributed by atoms with van der Waals surface area (Å²) in [5.41, 5.74) is 5.09. The fourth-order valence-electron chi connectivity index (χ4n) is 1.48. The maximum Gasteiger partial charge on any atom is 0.231 e. The highest BCUT2D eigenvalue weighted by molar-refractivity contribution is 5.75. The van der Waals surface area contributed by atoms with Gasteiger partial charge in [-0.1, -0.05) is 13.8 Å². The summed E-state index contributed by atoms with van der Waals surface area (Å²) in [5, 5.41) is 3.17. The number of nitrogens with zero attached hydrogens (tertiary/aromatic N) is 1. The summed E-state index contributed by atoms with van der Waals surface area (Å²) >= 11 is 0. The second-order valence-corrected chi connectivity index (χ2v) is 4.44. The van der Waals surface area contributed by atoms with Crippen molar-refractivity contribution < 1.29 is 4.79 Å². The van der Waals surface area contributed by atoms with E-state index in [0.29, 0.717) is 12.0 Å². The zero-order valence-electron chi connectivity index (χ0n) is 9.71. The molecule has 0 aliphatic heterocycles. The van der Waals surface area contributed by atoms with Crippen LogP contribution in [0.5, 0.6) is 0 Å². The number of primary amides is 1. The first-order chi connectivity index (χ1) is 6.41. The van der Waals surface area contributed by atoms with Crippen LogP contribution >= 0.6 is 0 Å². The molecule has 4 heteroatoms. The molecule has 3 N–H and O–H groups in total. The van der Waals surface area contributed by atoms with Crippen molar-refractivity contribution in [2.75, 3.05) is 27.2 Å². The van der Waals surface area contributed by atoms with E-state index in [9.17, 15) is 4.79 Å². The van der Waals surface area contributed by atoms with Crippen molar-refractivity contribution in [2.24, 2.45) is 11.7 Å². The van der Waals surface area contributed by atoms with E-state index < -0.39 is 0 Å². The molecule has 0 aliphatic rings. The molecule has 0 aromatic heterocycles. The first-order valence-corrected chi connectivity index (χ1v) is 5.08. The number of carbonyl (C=O) groups is 1. The zero-order valence-corrected chi connectivity index (χ0v) is 9.71. The van der Waals surface area contributed by atoms with Crippen molar-refractivity contribution in [1.82, 2.24) is 10.2 Å². The van der Waals surface area contributed by atoms with E-state index in [1.807, 2.05) is 14.1 Å². The quantitative estimate of drug-likeness (QED) is 0.611. The monoisotopic (exact) mass is 201 g/mol. The van der Waals surface area contributed by atoms with Crippen molar-refractivity contribution in [3.63, 3.8) is 0 Å². The number of hydrogen-bond acceptors (Lipinski definition) is 3. The van der Waals surface area contributed by atoms with Gasteiger partial charge in [-0.05, 0) is 26.4 Å². The van der Waals surface area contributed by atoms with Gasteiger partial charge in [0, 0.05) is 12.6 Å². The summed E-state index contributed by atoms with van der Waals surface area (Å²) in [5.74, 6) is 0.331. The highest BCUT2D eigenvalue weighted by Crippen LogP contribution is 2.05. The van der Waals surface area contributed by atoms with Gasteiger partial charge in [-0.15, -0.1) is 0 Å². The summed E-state index contributed by atoms with van der Waals surface area (Å²) in [4.78, 5) is 12.7. The van der Waals surface area contributed by atoms with Gasteiger partial charge in [0.25, 0.3) is 0 Å². The molecular formula is C10H23N3O. The van der Waals surface area contributed by atoms with Crippen molar-refractivity contribution in [2.45, 2.75) is 26.3 Å². The van der Waals surface area contributed by atoms with Crippen LogP contribution < -0.4 is 11.1 Å². The standard InChI is InChI=1S/C10H23N3O/c1-8(2)5-9(7-13(3)4)12-6-10(11)14/h8-9,12H,5-7H2,1-4H3,(H2,11,14). The average molecular weight is 201 g/mol. The van der Waals surface area contributed by atoms with Crippen LogP contribution in [0.2, 0.25) is 0 Å². The number of rotatable bonds is 7. The molecule has 1 unspecified atom stereocenters. The Bertz CT molecular complexity index is 159. The van der Waals surface area contributed by atoms with Gasteiger partial charge in [-0.2, -0.15) is 0 Å². The highest BCUT2D eigenvalue weighted by atomic mass is 16.1. The van der Waals surface area contributed by atoms with Gasteiger partial charge in [-0.3, -0.25) is 4.79 Å². The third-order valence-corrected chi connectivity index (χ3v) is 1.91. The smallest absolute Gasteiger partial charge is 0.231 e. The summed E-state index contributed by atoms with van der Waals surface area (Å²) in [6.07, 6.45) is 1.06. The summed E-state index contributed by atoms with van der Waals surface area (Å²) < 4.78 is 0. The average Bonchev–Trinajstić information content (AvgIpc) is 1.97. The second-order valence-electron chi connectivity index (χ2n) is 4.44. The van der Waals surface area contributed by atoms with Crippen LogP contribution in [-0.4, -0.2) is 44.0 Å². The highest BCUT2D eigenvalue weighted by Gasteiger charge is 2.11. The Morgan fingerprint density at radius 2 is 2.00 bits per heavy atom. The maximum absolute atomic E-state index is 10.6. The Hall–Kier alpha value is -0.610. The lowest BCUT2D eigenvalue weighted by molar-refractivity contribution is -0.117. The second kappa shape index (κ2) is 6.79. The topological polar surface area (TPSA) is 58.4 Å². The normalized spacial score (nSPS) is 13.6. The molecule has 0 bridgehead atoms. The first-order valence-electron chi connectivity index (χ1n) is 5.08. The van der Waals surface area contributed by atoms with E-state index >= 15 is 0 Å². The van der Waals surface area contributed by atoms with Crippen LogP contribution in [-0.2, 0) is 4.79 Å². The molecule has 84 valence electrons. The first kappa shape index (κ1) is 13.4. The van der Waals surface area contributed by atoms with Gasteiger partial charge >= 0.3 is 0 Å². The van der Waals surface area contributed by atoms with Crippen molar-refractivity contribution in [1.29, 1.82) is 0 Å². The van der Waals surface area contributed by atoms with Crippen LogP contribution in [0.1, 0.15) is 20.3 Å². The predicted octanol–water partition coefficient (Wildman–Crippen LogP) is 0.0376. The molecule has 0 saturated carbocycles. The number of likely N-dealkylation sites (N-methyl/N-ethyl adjacent to an activating group) is 1. The number of hydrogen-bond donors (Lipinski definition) is 2. The van der Waals surface area contributed by atoms with Crippen molar-refractivity contribution >= 4 is 5.91 Å². The third kappa shape index (κ3) is 8.01. The van der Waals surface area contributed by atoms with Crippen LogP contribution in [0.3, 0.4) is 0 Å². The van der Waals surface area contributed by atoms with E-state index in [-0.39, 0.29) is 12.5 Å². The fourth-order valence-corrected chi connectivity index (χ4v) is 1.48. The van der Waals surface area contributed by atoms with Gasteiger partial charge in [0.15, 0.2) is 0 Å². The van der Waals surface area contributed by atoms with Crippen LogP contribution in [0.4, 0.5) is 0 Å². The van der Waals surface area contributed by atoms with Gasteiger partial charge in [-0.25, -0.2) is 0 Å². The van der Waals surface area contributed by atoms with E-state index in [0.717, 1.165) is 13.0 Å². The Labute approximate surface area is 86.8 Å². The number of amides is 1. The summed E-state index contributed by atoms with van der Waals surface area (Å²) in [6, 6.07) is 0.345. The molecule has 0 spiro atoms. The maximum atomic E-state index is 10.6. The molecule has 0 aromatic rings. The van der Waals surface area contributed by atoms with Gasteiger partial charge in [0.05, 0.1) is 6.54 Å². The minimum absolute atomic E-state index is 0.269. The fraction of sp³-hybridized carbons (Fsp3) is 0.900. The predicted molar refractivity (Wildman–Crippen MR) is 59.0 cm³/mol. The Kier molecular flexibility index (Phi) is 6.49. The van der Waals surface area contributed by atoms with Crippen LogP contribution in [0.15, 0.2) is 0 Å². The van der Waals surface area contributed by atoms with E-state index in [2.05, 4.69) is 24.1 Å². The number of nitrogens with two attached hydrogens (primary N) is 1. The SMILES string of the molecule is CC(C)CC(CN(C)C)NCC(N)=O. The molecule has 0 radical (unpaired) electrons. The Balaban J connectivity index is 3.90. The van der Waals surface area contributed by atoms with E-state index in [4.69, 9.17) is 5.73 Å². The summed E-state index contributed by atoms with van der Waals surface area (Å²) in [7, 11) is 4.05. The molecule has 14 heavy (non-hydrogen) atoms. The molecule has 0 aliphatic carbocycles. The van der Waals surface area contributed by atoms with E-state index in [1.54, 1.807) is 0 Å². The number of nitrogens with one attached hydrogen (secondary N) is 1. The molecule has 0 heterocycles. The number of carbonyl (C=O) groups excluding carboxylic acids is 1. The van der Waals surface area contributed by atoms with Gasteiger partial charge in [0.2, 0.25) is 5.91 Å². The zero-order chi connectivity index (χ0) is 11.1. The largest absolute Gasteiger partial charge is 0.369 e. The molecular weight excluding hydrogens is 178 g/mol. The minimum Gasteiger partial charge on any atom is -0.369 e. The van der Waals surface area contributed by atoms with Crippen molar-refractivity contribution in [3.05, 3.63) is 0 Å². The molecule has 4 nitrogen and oxygen atoms in total. The summed E-state index contributed by atoms with van der Waals surface area (Å²) in [6.45, 7) is 5.56. The molecule has 1 atom stereocenters. The van der Waals surface area contributed by atoms with Crippen LogP contribution in [0.25, 0.3) is 0 Å².